The fraction of sp³-hybridized carbons (Fsp3) is 0.450. The number of rotatable bonds is 3. The van der Waals surface area contributed by atoms with Crippen molar-refractivity contribution in [1.29, 1.82) is 0 Å². The van der Waals surface area contributed by atoms with Crippen LogP contribution in [-0.4, -0.2) is 52.5 Å². The van der Waals surface area contributed by atoms with E-state index in [1.807, 2.05) is 29.4 Å². The molecule has 0 unspecified atom stereocenters. The number of amides is 1. The molecule has 3 rings (SSSR count). The van der Waals surface area contributed by atoms with Crippen molar-refractivity contribution in [2.24, 2.45) is 0 Å². The molecule has 1 aromatic heterocycles. The van der Waals surface area contributed by atoms with E-state index in [0.717, 1.165) is 48.8 Å². The Bertz CT molecular complexity index is 756. The summed E-state index contributed by atoms with van der Waals surface area (Å²) in [7, 11) is 0. The number of carbonyl (C=O) groups excluding carboxylic acids is 1. The van der Waals surface area contributed by atoms with Gasteiger partial charge in [-0.1, -0.05) is 0 Å². The molecule has 25 heavy (non-hydrogen) atoms. The molecule has 5 heteroatoms. The maximum absolute atomic E-state index is 13.2. The normalized spacial score (nSPS) is 15.8. The van der Waals surface area contributed by atoms with Gasteiger partial charge in [0.05, 0.1) is 5.56 Å². The molecular formula is C20H26FN3O. The minimum atomic E-state index is -0.259. The molecule has 2 aromatic rings. The second kappa shape index (κ2) is 7.00. The van der Waals surface area contributed by atoms with Crippen LogP contribution in [0.25, 0.3) is 5.69 Å². The molecule has 1 aliphatic heterocycles. The Hall–Kier alpha value is -2.14. The Morgan fingerprint density at radius 3 is 2.20 bits per heavy atom. The van der Waals surface area contributed by atoms with E-state index in [0.29, 0.717) is 6.04 Å². The summed E-state index contributed by atoms with van der Waals surface area (Å²) in [6.45, 7) is 11.7. The standard InChI is InChI=1S/C20H26FN3O/c1-14(2)22-9-11-23(12-10-22)20(25)19-13-15(3)24(16(19)4)18-7-5-17(21)6-8-18/h5-8,13-14H,9-12H2,1-4H3. The average Bonchev–Trinajstić information content (AvgIpc) is 2.90. The molecular weight excluding hydrogens is 317 g/mol. The van der Waals surface area contributed by atoms with Gasteiger partial charge in [0.15, 0.2) is 0 Å². The number of nitrogens with zero attached hydrogens (tertiary/aromatic N) is 3. The first-order valence-corrected chi connectivity index (χ1v) is 8.86. The van der Waals surface area contributed by atoms with Crippen LogP contribution in [0.4, 0.5) is 4.39 Å². The van der Waals surface area contributed by atoms with Crippen molar-refractivity contribution >= 4 is 5.91 Å². The first-order chi connectivity index (χ1) is 11.9. The van der Waals surface area contributed by atoms with Crippen molar-refractivity contribution in [2.45, 2.75) is 33.7 Å². The minimum Gasteiger partial charge on any atom is -0.336 e. The van der Waals surface area contributed by atoms with E-state index in [2.05, 4.69) is 18.7 Å². The Labute approximate surface area is 148 Å². The van der Waals surface area contributed by atoms with Crippen LogP contribution in [0, 0.1) is 19.7 Å². The number of halogens is 1. The highest BCUT2D eigenvalue weighted by Gasteiger charge is 2.26. The summed E-state index contributed by atoms with van der Waals surface area (Å²) in [5, 5.41) is 0. The monoisotopic (exact) mass is 343 g/mol. The van der Waals surface area contributed by atoms with E-state index in [-0.39, 0.29) is 11.7 Å². The van der Waals surface area contributed by atoms with E-state index in [9.17, 15) is 9.18 Å². The summed E-state index contributed by atoms with van der Waals surface area (Å²) in [5.41, 5.74) is 3.49. The Balaban J connectivity index is 1.83. The molecule has 1 aliphatic rings. The highest BCUT2D eigenvalue weighted by atomic mass is 19.1. The quantitative estimate of drug-likeness (QED) is 0.854. The van der Waals surface area contributed by atoms with Gasteiger partial charge in [-0.15, -0.1) is 0 Å². The third kappa shape index (κ3) is 3.47. The first-order valence-electron chi connectivity index (χ1n) is 8.86. The molecule has 134 valence electrons. The van der Waals surface area contributed by atoms with Gasteiger partial charge in [0, 0.05) is 49.3 Å². The minimum absolute atomic E-state index is 0.0878. The van der Waals surface area contributed by atoms with E-state index in [1.54, 1.807) is 12.1 Å². The van der Waals surface area contributed by atoms with Gasteiger partial charge in [-0.25, -0.2) is 4.39 Å². The maximum Gasteiger partial charge on any atom is 0.255 e. The zero-order valence-electron chi connectivity index (χ0n) is 15.4. The second-order valence-corrected chi connectivity index (χ2v) is 7.02. The van der Waals surface area contributed by atoms with Crippen LogP contribution < -0.4 is 0 Å². The molecule has 0 atom stereocenters. The number of hydrogen-bond acceptors (Lipinski definition) is 2. The lowest BCUT2D eigenvalue weighted by molar-refractivity contribution is 0.0595. The molecule has 2 heterocycles. The topological polar surface area (TPSA) is 28.5 Å². The summed E-state index contributed by atoms with van der Waals surface area (Å²) < 4.78 is 15.2. The third-order valence-electron chi connectivity index (χ3n) is 5.08. The van der Waals surface area contributed by atoms with E-state index < -0.39 is 0 Å². The molecule has 0 spiro atoms. The molecule has 0 radical (unpaired) electrons. The van der Waals surface area contributed by atoms with Crippen LogP contribution in [0.15, 0.2) is 30.3 Å². The second-order valence-electron chi connectivity index (χ2n) is 7.02. The highest BCUT2D eigenvalue weighted by molar-refractivity contribution is 5.96. The summed E-state index contributed by atoms with van der Waals surface area (Å²) in [5.74, 6) is -0.171. The molecule has 4 nitrogen and oxygen atoms in total. The van der Waals surface area contributed by atoms with Crippen molar-refractivity contribution < 1.29 is 9.18 Å². The summed E-state index contributed by atoms with van der Waals surface area (Å²) >= 11 is 0. The van der Waals surface area contributed by atoms with Gasteiger partial charge in [-0.3, -0.25) is 9.69 Å². The number of benzene rings is 1. The molecule has 1 aromatic carbocycles. The van der Waals surface area contributed by atoms with Gasteiger partial charge in [0.1, 0.15) is 5.82 Å². The van der Waals surface area contributed by atoms with Crippen LogP contribution in [0.5, 0.6) is 0 Å². The third-order valence-corrected chi connectivity index (χ3v) is 5.08. The van der Waals surface area contributed by atoms with Gasteiger partial charge >= 0.3 is 0 Å². The zero-order chi connectivity index (χ0) is 18.1. The predicted molar refractivity (Wildman–Crippen MR) is 97.8 cm³/mol. The largest absolute Gasteiger partial charge is 0.336 e. The molecule has 1 amide bonds. The van der Waals surface area contributed by atoms with E-state index in [4.69, 9.17) is 0 Å². The summed E-state index contributed by atoms with van der Waals surface area (Å²) in [6, 6.07) is 8.83. The van der Waals surface area contributed by atoms with Gasteiger partial charge in [0.25, 0.3) is 5.91 Å². The summed E-state index contributed by atoms with van der Waals surface area (Å²) in [6.07, 6.45) is 0. The van der Waals surface area contributed by atoms with Crippen LogP contribution in [-0.2, 0) is 0 Å². The average molecular weight is 343 g/mol. The smallest absolute Gasteiger partial charge is 0.255 e. The zero-order valence-corrected chi connectivity index (χ0v) is 15.4. The predicted octanol–water partition coefficient (Wildman–Crippen LogP) is 3.40. The van der Waals surface area contributed by atoms with E-state index in [1.165, 1.54) is 12.1 Å². The van der Waals surface area contributed by atoms with Gasteiger partial charge in [-0.2, -0.15) is 0 Å². The molecule has 1 fully saturated rings. The fourth-order valence-electron chi connectivity index (χ4n) is 3.58. The van der Waals surface area contributed by atoms with Gasteiger partial charge in [-0.05, 0) is 58.0 Å². The Morgan fingerprint density at radius 1 is 1.04 bits per heavy atom. The molecule has 0 N–H and O–H groups in total. The van der Waals surface area contributed by atoms with Crippen molar-refractivity contribution in [1.82, 2.24) is 14.4 Å². The van der Waals surface area contributed by atoms with Crippen LogP contribution in [0.3, 0.4) is 0 Å². The molecule has 1 saturated heterocycles. The van der Waals surface area contributed by atoms with Gasteiger partial charge in [0.2, 0.25) is 0 Å². The molecule has 0 aliphatic carbocycles. The number of hydrogen-bond donors (Lipinski definition) is 0. The Morgan fingerprint density at radius 2 is 1.64 bits per heavy atom. The Kier molecular flexibility index (Phi) is 4.95. The number of aromatic nitrogens is 1. The van der Waals surface area contributed by atoms with Gasteiger partial charge < -0.3 is 9.47 Å². The lowest BCUT2D eigenvalue weighted by Gasteiger charge is -2.37. The fourth-order valence-corrected chi connectivity index (χ4v) is 3.58. The first kappa shape index (κ1) is 17.7. The van der Waals surface area contributed by atoms with Crippen LogP contribution in [0.2, 0.25) is 0 Å². The van der Waals surface area contributed by atoms with Crippen molar-refractivity contribution in [3.63, 3.8) is 0 Å². The number of piperazine rings is 1. The SMILES string of the molecule is Cc1cc(C(=O)N2CCN(C(C)C)CC2)c(C)n1-c1ccc(F)cc1. The molecule has 0 saturated carbocycles. The number of carbonyl (C=O) groups is 1. The number of aryl methyl sites for hydroxylation is 1. The maximum atomic E-state index is 13.2. The lowest BCUT2D eigenvalue weighted by Crippen LogP contribution is -2.50. The van der Waals surface area contributed by atoms with Crippen LogP contribution >= 0.6 is 0 Å². The van der Waals surface area contributed by atoms with Crippen LogP contribution in [0.1, 0.15) is 35.6 Å². The highest BCUT2D eigenvalue weighted by Crippen LogP contribution is 2.23. The summed E-state index contributed by atoms with van der Waals surface area (Å²) in [4.78, 5) is 17.3. The molecule has 0 bridgehead atoms. The lowest BCUT2D eigenvalue weighted by atomic mass is 10.2. The van der Waals surface area contributed by atoms with Crippen molar-refractivity contribution in [3.8, 4) is 5.69 Å². The van der Waals surface area contributed by atoms with Crippen molar-refractivity contribution in [3.05, 3.63) is 53.1 Å². The van der Waals surface area contributed by atoms with E-state index >= 15 is 0 Å². The van der Waals surface area contributed by atoms with Crippen molar-refractivity contribution in [2.75, 3.05) is 26.2 Å².